The molecule has 0 aromatic heterocycles. The Bertz CT molecular complexity index is 1120. The van der Waals surface area contributed by atoms with Gasteiger partial charge in [-0.1, -0.05) is 46.2 Å². The van der Waals surface area contributed by atoms with E-state index in [-0.39, 0.29) is 47.0 Å². The molecule has 0 spiro atoms. The maximum Gasteiger partial charge on any atom is 0.312 e. The molecule has 0 radical (unpaired) electrons. The Hall–Kier alpha value is -2.57. The molecule has 0 amide bonds. The van der Waals surface area contributed by atoms with E-state index in [2.05, 4.69) is 20.8 Å². The molecule has 5 rings (SSSR count). The van der Waals surface area contributed by atoms with Gasteiger partial charge < -0.3 is 19.3 Å². The van der Waals surface area contributed by atoms with Crippen LogP contribution in [0.15, 0.2) is 24.3 Å². The van der Waals surface area contributed by atoms with Crippen LogP contribution in [0.1, 0.15) is 138 Å². The van der Waals surface area contributed by atoms with Gasteiger partial charge in [0, 0.05) is 11.8 Å². The van der Waals surface area contributed by atoms with E-state index in [1.807, 2.05) is 53.7 Å². The number of ether oxygens (including phenoxy) is 3. The van der Waals surface area contributed by atoms with Gasteiger partial charge in [0.05, 0.1) is 16.7 Å². The third-order valence-corrected chi connectivity index (χ3v) is 10.9. The Labute approximate surface area is 265 Å². The molecule has 44 heavy (non-hydrogen) atoms. The van der Waals surface area contributed by atoms with Gasteiger partial charge in [0.1, 0.15) is 23.6 Å². The van der Waals surface area contributed by atoms with Crippen LogP contribution in [0.5, 0.6) is 5.75 Å². The first-order chi connectivity index (χ1) is 20.6. The highest BCUT2D eigenvalue weighted by Gasteiger charge is 2.63. The summed E-state index contributed by atoms with van der Waals surface area (Å²) < 4.78 is 16.7. The Morgan fingerprint density at radius 3 is 2.07 bits per heavy atom. The Morgan fingerprint density at radius 2 is 1.52 bits per heavy atom. The lowest BCUT2D eigenvalue weighted by Gasteiger charge is -2.36. The van der Waals surface area contributed by atoms with Crippen molar-refractivity contribution in [3.05, 3.63) is 29.8 Å². The van der Waals surface area contributed by atoms with E-state index in [0.717, 1.165) is 44.9 Å². The third kappa shape index (κ3) is 8.57. The van der Waals surface area contributed by atoms with Crippen molar-refractivity contribution < 1.29 is 33.7 Å². The molecule has 4 fully saturated rings. The van der Waals surface area contributed by atoms with Crippen molar-refractivity contribution in [2.75, 3.05) is 0 Å². The average molecular weight is 615 g/mol. The van der Waals surface area contributed by atoms with Crippen molar-refractivity contribution in [1.29, 1.82) is 0 Å². The molecule has 3 saturated carbocycles. The second-order valence-corrected chi connectivity index (χ2v) is 15.0. The van der Waals surface area contributed by atoms with Crippen LogP contribution in [-0.2, 0) is 28.6 Å². The maximum atomic E-state index is 12.1. The van der Waals surface area contributed by atoms with Gasteiger partial charge >= 0.3 is 17.9 Å². The zero-order chi connectivity index (χ0) is 32.9. The largest absolute Gasteiger partial charge is 0.508 e. The minimum atomic E-state index is -0.455. The number of carbonyl (C=O) groups is 3. The van der Waals surface area contributed by atoms with Crippen LogP contribution in [0.3, 0.4) is 0 Å². The first kappa shape index (κ1) is 35.9. The van der Waals surface area contributed by atoms with Crippen LogP contribution < -0.4 is 0 Å². The van der Waals surface area contributed by atoms with Gasteiger partial charge in [-0.3, -0.25) is 14.4 Å². The van der Waals surface area contributed by atoms with Crippen LogP contribution in [0.25, 0.3) is 0 Å². The third-order valence-electron chi connectivity index (χ3n) is 10.9. The second kappa shape index (κ2) is 14.7. The topological polar surface area (TPSA) is 99.1 Å². The maximum absolute atomic E-state index is 12.1. The molecule has 6 atom stereocenters. The molecule has 2 bridgehead atoms. The number of rotatable bonds is 8. The summed E-state index contributed by atoms with van der Waals surface area (Å²) in [6.45, 7) is 18.2. The zero-order valence-electron chi connectivity index (χ0n) is 28.7. The first-order valence-corrected chi connectivity index (χ1v) is 17.0. The molecule has 1 saturated heterocycles. The van der Waals surface area contributed by atoms with Gasteiger partial charge in [0.2, 0.25) is 0 Å². The summed E-state index contributed by atoms with van der Waals surface area (Å²) in [5.41, 5.74) is 0.316. The molecule has 7 nitrogen and oxygen atoms in total. The van der Waals surface area contributed by atoms with Gasteiger partial charge in [-0.2, -0.15) is 0 Å². The fraction of sp³-hybridized carbons (Fsp3) is 0.757. The Kier molecular flexibility index (Phi) is 12.0. The Morgan fingerprint density at radius 1 is 0.955 bits per heavy atom. The number of hydrogen-bond donors (Lipinski definition) is 1. The second-order valence-electron chi connectivity index (χ2n) is 15.0. The molecule has 1 aromatic carbocycles. The number of aromatic hydroxyl groups is 1. The monoisotopic (exact) mass is 614 g/mol. The van der Waals surface area contributed by atoms with Crippen LogP contribution in [0.2, 0.25) is 0 Å². The summed E-state index contributed by atoms with van der Waals surface area (Å²) in [6, 6.07) is 7.43. The molecule has 4 aliphatic rings. The lowest BCUT2D eigenvalue weighted by atomic mass is 9.85. The number of fused-ring (bicyclic) bond motifs is 1. The van der Waals surface area contributed by atoms with E-state index in [4.69, 9.17) is 19.3 Å². The molecular formula is C37H58O7. The quantitative estimate of drug-likeness (QED) is 0.231. The minimum Gasteiger partial charge on any atom is -0.508 e. The van der Waals surface area contributed by atoms with Crippen molar-refractivity contribution in [3.63, 3.8) is 0 Å². The number of phenolic OH excluding ortho intramolecular Hbond substituents is 1. The summed E-state index contributed by atoms with van der Waals surface area (Å²) in [5, 5.41) is 9.01. The minimum absolute atomic E-state index is 0.0330. The van der Waals surface area contributed by atoms with Crippen LogP contribution >= 0.6 is 0 Å². The summed E-state index contributed by atoms with van der Waals surface area (Å²) >= 11 is 0. The van der Waals surface area contributed by atoms with Gasteiger partial charge in [0.25, 0.3) is 0 Å². The average Bonchev–Trinajstić information content (AvgIpc) is 3.63. The number of phenols is 1. The van der Waals surface area contributed by atoms with Crippen molar-refractivity contribution in [3.8, 4) is 5.75 Å². The van der Waals surface area contributed by atoms with E-state index in [0.29, 0.717) is 23.5 Å². The summed E-state index contributed by atoms with van der Waals surface area (Å²) in [5.74, 6) is 1.36. The van der Waals surface area contributed by atoms with Crippen LogP contribution in [-0.4, -0.2) is 40.8 Å². The van der Waals surface area contributed by atoms with E-state index in [1.54, 1.807) is 12.1 Å². The lowest BCUT2D eigenvalue weighted by molar-refractivity contribution is -0.172. The Balaban J connectivity index is 0.000000186. The molecule has 6 unspecified atom stereocenters. The highest BCUT2D eigenvalue weighted by Crippen LogP contribution is 2.55. The molecular weight excluding hydrogens is 556 g/mol. The van der Waals surface area contributed by atoms with E-state index >= 15 is 0 Å². The molecule has 1 heterocycles. The predicted octanol–water partition coefficient (Wildman–Crippen LogP) is 8.51. The van der Waals surface area contributed by atoms with Crippen molar-refractivity contribution in [2.45, 2.75) is 150 Å². The SMILES string of the molecule is CCC(C)(C)C(=O)OC1(C)CCCCC1.CCC(C)(C)C(=O)OC1C2CC3C(=O)OC1C3C2.CCC(C)c1ccc(O)cc1. The van der Waals surface area contributed by atoms with Gasteiger partial charge in [-0.25, -0.2) is 0 Å². The summed E-state index contributed by atoms with van der Waals surface area (Å²) in [7, 11) is 0. The highest BCUT2D eigenvalue weighted by molar-refractivity contribution is 5.78. The molecule has 1 N–H and O–H groups in total. The van der Waals surface area contributed by atoms with Crippen molar-refractivity contribution in [2.24, 2.45) is 28.6 Å². The fourth-order valence-corrected chi connectivity index (χ4v) is 6.44. The molecule has 248 valence electrons. The normalized spacial score (nSPS) is 27.2. The van der Waals surface area contributed by atoms with Gasteiger partial charge in [0.15, 0.2) is 0 Å². The van der Waals surface area contributed by atoms with Gasteiger partial charge in [-0.05, 0) is 116 Å². The summed E-state index contributed by atoms with van der Waals surface area (Å²) in [4.78, 5) is 35.7. The molecule has 1 aromatic rings. The smallest absolute Gasteiger partial charge is 0.312 e. The highest BCUT2D eigenvalue weighted by atomic mass is 16.6. The van der Waals surface area contributed by atoms with Crippen LogP contribution in [0, 0.1) is 28.6 Å². The standard InChI is InChI=1S/C14H20O4.C13H24O2.C10H14O/c1-4-14(2,3)13(16)18-10-7-5-8-9(6-7)12(15)17-11(8)10;1-5-12(2,3)11(14)15-13(4)9-7-6-8-10-13;1-3-8(2)9-4-6-10(11)7-5-9/h7-11H,4-6H2,1-3H3;5-10H2,1-4H3;4-8,11H,3H2,1-2H3. The van der Waals surface area contributed by atoms with Gasteiger partial charge in [-0.15, -0.1) is 0 Å². The van der Waals surface area contributed by atoms with E-state index in [9.17, 15) is 14.4 Å². The number of carbonyl (C=O) groups excluding carboxylic acids is 3. The molecule has 7 heteroatoms. The number of hydrogen-bond acceptors (Lipinski definition) is 7. The van der Waals surface area contributed by atoms with Crippen molar-refractivity contribution in [1.82, 2.24) is 0 Å². The fourth-order valence-electron chi connectivity index (χ4n) is 6.44. The van der Waals surface area contributed by atoms with Crippen LogP contribution in [0.4, 0.5) is 0 Å². The molecule has 3 aliphatic carbocycles. The van der Waals surface area contributed by atoms with E-state index < -0.39 is 5.41 Å². The predicted molar refractivity (Wildman–Crippen MR) is 172 cm³/mol. The lowest BCUT2D eigenvalue weighted by Crippen LogP contribution is -2.39. The number of benzene rings is 1. The number of esters is 3. The van der Waals surface area contributed by atoms with Crippen molar-refractivity contribution >= 4 is 17.9 Å². The first-order valence-electron chi connectivity index (χ1n) is 17.0. The molecule has 1 aliphatic heterocycles. The summed E-state index contributed by atoms with van der Waals surface area (Å²) in [6.07, 6.45) is 9.89. The zero-order valence-corrected chi connectivity index (χ0v) is 28.7. The van der Waals surface area contributed by atoms with E-state index in [1.165, 1.54) is 24.8 Å².